The Morgan fingerprint density at radius 2 is 1.29 bits per heavy atom. The summed E-state index contributed by atoms with van der Waals surface area (Å²) in [5.74, 6) is 0. The molecule has 6 heteroatoms. The van der Waals surface area contributed by atoms with E-state index in [-0.39, 0.29) is 22.1 Å². The van der Waals surface area contributed by atoms with Crippen molar-refractivity contribution >= 4 is 23.5 Å². The van der Waals surface area contributed by atoms with Gasteiger partial charge in [-0.2, -0.15) is 0 Å². The Morgan fingerprint density at radius 3 is 1.62 bits per heavy atom. The van der Waals surface area contributed by atoms with Gasteiger partial charge in [0.05, 0.1) is 22.3 Å². The van der Waals surface area contributed by atoms with Gasteiger partial charge in [-0.25, -0.2) is 9.97 Å². The first-order valence-electron chi connectivity index (χ1n) is 8.34. The molecule has 0 bridgehead atoms. The molecule has 3 fully saturated rings. The SMILES string of the molecule is c1ccc(S[C@]23CC[C@H]2O[C@@]2(Sc4ccccn4)CC[C@H]2O3)nc1. The van der Waals surface area contributed by atoms with Crippen LogP contribution in [0.4, 0.5) is 0 Å². The van der Waals surface area contributed by atoms with Gasteiger partial charge in [0.1, 0.15) is 9.87 Å². The van der Waals surface area contributed by atoms with E-state index in [2.05, 4.69) is 9.97 Å². The molecule has 2 aromatic rings. The molecular formula is C18H18N2O2S2. The predicted octanol–water partition coefficient (Wildman–Crippen LogP) is 4.13. The molecule has 2 aromatic heterocycles. The largest absolute Gasteiger partial charge is 0.354 e. The van der Waals surface area contributed by atoms with Gasteiger partial charge in [-0.3, -0.25) is 0 Å². The molecule has 0 N–H and O–H groups in total. The number of ether oxygens (including phenoxy) is 2. The topological polar surface area (TPSA) is 44.2 Å². The molecule has 2 aliphatic carbocycles. The number of aromatic nitrogens is 2. The third-order valence-electron chi connectivity index (χ3n) is 5.00. The zero-order valence-corrected chi connectivity index (χ0v) is 14.8. The number of thioether (sulfide) groups is 2. The van der Waals surface area contributed by atoms with Crippen LogP contribution in [0.3, 0.4) is 0 Å². The van der Waals surface area contributed by atoms with Crippen molar-refractivity contribution < 1.29 is 9.47 Å². The number of hydrogen-bond acceptors (Lipinski definition) is 6. The molecule has 0 amide bonds. The Kier molecular flexibility index (Phi) is 3.63. The molecule has 124 valence electrons. The van der Waals surface area contributed by atoms with Gasteiger partial charge in [-0.15, -0.1) is 0 Å². The zero-order valence-electron chi connectivity index (χ0n) is 13.1. The Labute approximate surface area is 149 Å². The quantitative estimate of drug-likeness (QED) is 0.819. The van der Waals surface area contributed by atoms with E-state index in [0.29, 0.717) is 0 Å². The Morgan fingerprint density at radius 1 is 0.792 bits per heavy atom. The van der Waals surface area contributed by atoms with Crippen LogP contribution in [0.15, 0.2) is 58.8 Å². The van der Waals surface area contributed by atoms with Gasteiger partial charge in [-0.1, -0.05) is 35.7 Å². The lowest BCUT2D eigenvalue weighted by Crippen LogP contribution is -2.69. The van der Waals surface area contributed by atoms with E-state index in [1.165, 1.54) is 0 Å². The zero-order chi connectivity index (χ0) is 16.0. The van der Waals surface area contributed by atoms with E-state index >= 15 is 0 Å². The van der Waals surface area contributed by atoms with Crippen molar-refractivity contribution in [1.29, 1.82) is 0 Å². The van der Waals surface area contributed by atoms with E-state index in [4.69, 9.17) is 9.47 Å². The Bertz CT molecular complexity index is 669. The van der Waals surface area contributed by atoms with Gasteiger partial charge in [0, 0.05) is 12.4 Å². The van der Waals surface area contributed by atoms with Crippen molar-refractivity contribution in [2.75, 3.05) is 0 Å². The van der Waals surface area contributed by atoms with Crippen molar-refractivity contribution in [3.05, 3.63) is 48.8 Å². The van der Waals surface area contributed by atoms with Crippen LogP contribution in [0.1, 0.15) is 25.7 Å². The van der Waals surface area contributed by atoms with Crippen LogP contribution in [0.2, 0.25) is 0 Å². The summed E-state index contributed by atoms with van der Waals surface area (Å²) in [5, 5.41) is 2.02. The third kappa shape index (κ3) is 2.39. The van der Waals surface area contributed by atoms with E-state index in [1.54, 1.807) is 23.5 Å². The fraction of sp³-hybridized carbons (Fsp3) is 0.444. The molecule has 3 heterocycles. The number of rotatable bonds is 4. The van der Waals surface area contributed by atoms with Crippen molar-refractivity contribution in [3.8, 4) is 0 Å². The second kappa shape index (κ2) is 5.73. The fourth-order valence-electron chi connectivity index (χ4n) is 3.49. The summed E-state index contributed by atoms with van der Waals surface area (Å²) in [7, 11) is 0. The van der Waals surface area contributed by atoms with Gasteiger partial charge >= 0.3 is 0 Å². The molecule has 1 saturated heterocycles. The van der Waals surface area contributed by atoms with Gasteiger partial charge in [0.25, 0.3) is 0 Å². The summed E-state index contributed by atoms with van der Waals surface area (Å²) in [5.41, 5.74) is 0. The summed E-state index contributed by atoms with van der Waals surface area (Å²) in [4.78, 5) is 8.38. The second-order valence-electron chi connectivity index (χ2n) is 6.45. The lowest BCUT2D eigenvalue weighted by Gasteiger charge is -2.63. The molecule has 4 nitrogen and oxygen atoms in total. The average Bonchev–Trinajstić information content (AvgIpc) is 2.61. The highest BCUT2D eigenvalue weighted by molar-refractivity contribution is 8.01. The van der Waals surface area contributed by atoms with Gasteiger partial charge < -0.3 is 9.47 Å². The molecule has 1 aliphatic heterocycles. The maximum absolute atomic E-state index is 6.60. The lowest BCUT2D eigenvalue weighted by atomic mass is 9.82. The van der Waals surface area contributed by atoms with Crippen LogP contribution in [0.25, 0.3) is 0 Å². The minimum atomic E-state index is -0.256. The molecule has 3 aliphatic rings. The van der Waals surface area contributed by atoms with E-state index < -0.39 is 0 Å². The van der Waals surface area contributed by atoms with Gasteiger partial charge in [-0.05, 0) is 49.9 Å². The highest BCUT2D eigenvalue weighted by Crippen LogP contribution is 2.62. The van der Waals surface area contributed by atoms with Crippen molar-refractivity contribution in [1.82, 2.24) is 9.97 Å². The second-order valence-corrected chi connectivity index (χ2v) is 9.08. The Hall–Kier alpha value is -1.08. The molecule has 0 spiro atoms. The van der Waals surface area contributed by atoms with Crippen LogP contribution in [-0.4, -0.2) is 32.0 Å². The molecule has 2 saturated carbocycles. The first-order valence-corrected chi connectivity index (χ1v) is 9.97. The minimum Gasteiger partial charge on any atom is -0.354 e. The Balaban J connectivity index is 1.36. The van der Waals surface area contributed by atoms with Crippen molar-refractivity contribution in [3.63, 3.8) is 0 Å². The fourth-order valence-corrected chi connectivity index (χ4v) is 6.09. The first kappa shape index (κ1) is 15.2. The molecule has 24 heavy (non-hydrogen) atoms. The number of pyridine rings is 2. The van der Waals surface area contributed by atoms with E-state index in [9.17, 15) is 0 Å². The minimum absolute atomic E-state index is 0.136. The molecule has 0 radical (unpaired) electrons. The van der Waals surface area contributed by atoms with Crippen LogP contribution < -0.4 is 0 Å². The summed E-state index contributed by atoms with van der Waals surface area (Å²) >= 11 is 3.45. The summed E-state index contributed by atoms with van der Waals surface area (Å²) in [6, 6.07) is 12.0. The lowest BCUT2D eigenvalue weighted by molar-refractivity contribution is -0.314. The summed E-state index contributed by atoms with van der Waals surface area (Å²) in [6.45, 7) is 0. The van der Waals surface area contributed by atoms with Gasteiger partial charge in [0.2, 0.25) is 0 Å². The summed E-state index contributed by atoms with van der Waals surface area (Å²) in [6.07, 6.45) is 8.10. The molecular weight excluding hydrogens is 340 g/mol. The number of nitrogens with zero attached hydrogens (tertiary/aromatic N) is 2. The van der Waals surface area contributed by atoms with Crippen LogP contribution in [0.5, 0.6) is 0 Å². The predicted molar refractivity (Wildman–Crippen MR) is 93.9 cm³/mol. The van der Waals surface area contributed by atoms with Gasteiger partial charge in [0.15, 0.2) is 0 Å². The smallest absolute Gasteiger partial charge is 0.146 e. The van der Waals surface area contributed by atoms with E-state index in [1.807, 2.05) is 48.8 Å². The molecule has 5 rings (SSSR count). The van der Waals surface area contributed by atoms with Crippen LogP contribution in [0, 0.1) is 0 Å². The highest BCUT2D eigenvalue weighted by Gasteiger charge is 2.65. The first-order chi connectivity index (χ1) is 11.8. The van der Waals surface area contributed by atoms with Crippen LogP contribution >= 0.6 is 23.5 Å². The maximum Gasteiger partial charge on any atom is 0.146 e. The molecule has 4 atom stereocenters. The van der Waals surface area contributed by atoms with Crippen molar-refractivity contribution in [2.45, 2.75) is 57.8 Å². The molecule has 0 unspecified atom stereocenters. The normalized spacial score (nSPS) is 36.8. The monoisotopic (exact) mass is 358 g/mol. The van der Waals surface area contributed by atoms with E-state index in [0.717, 1.165) is 35.7 Å². The summed E-state index contributed by atoms with van der Waals surface area (Å²) < 4.78 is 13.2. The molecule has 0 aromatic carbocycles. The average molecular weight is 358 g/mol. The maximum atomic E-state index is 6.60. The van der Waals surface area contributed by atoms with Crippen molar-refractivity contribution in [2.24, 2.45) is 0 Å². The highest BCUT2D eigenvalue weighted by atomic mass is 32.2. The third-order valence-corrected chi connectivity index (χ3v) is 7.72. The number of fused-ring (bicyclic) bond motifs is 2. The standard InChI is InChI=1S/C18H18N2O2S2/c1-3-11-19-15(5-1)23-17-9-7-13(17)22-18(10-8-14(18)21-17)24-16-6-2-4-12-20-16/h1-6,11-14H,7-10H2/t13-,14-,17-,18-/m1/s1. The number of hydrogen-bond donors (Lipinski definition) is 0. The van der Waals surface area contributed by atoms with Crippen LogP contribution in [-0.2, 0) is 9.47 Å².